The molecule has 0 radical (unpaired) electrons. The minimum Gasteiger partial charge on any atom is -0.472 e. The third-order valence-electron chi connectivity index (χ3n) is 4.18. The Kier molecular flexibility index (Phi) is 3.65. The van der Waals surface area contributed by atoms with Crippen LogP contribution in [0, 0.1) is 5.92 Å². The molecule has 1 heterocycles. The van der Waals surface area contributed by atoms with Gasteiger partial charge in [0.1, 0.15) is 6.10 Å². The maximum Gasteiger partial charge on any atom is 0.416 e. The van der Waals surface area contributed by atoms with E-state index < -0.39 is 11.7 Å². The van der Waals surface area contributed by atoms with Gasteiger partial charge in [-0.1, -0.05) is 6.07 Å². The molecule has 3 rings (SSSR count). The molecule has 1 fully saturated rings. The third-order valence-corrected chi connectivity index (χ3v) is 4.18. The van der Waals surface area contributed by atoms with Crippen LogP contribution >= 0.6 is 0 Å². The SMILES string of the molecule is NCC1CCC2OC(c3cccc(C(F)(F)F)c3)=NC2C1. The molecule has 3 atom stereocenters. The highest BCUT2D eigenvalue weighted by Crippen LogP contribution is 2.34. The molecule has 1 aliphatic carbocycles. The van der Waals surface area contributed by atoms with Gasteiger partial charge in [-0.3, -0.25) is 0 Å². The molecule has 3 unspecified atom stereocenters. The number of nitrogens with zero attached hydrogens (tertiary/aromatic N) is 1. The topological polar surface area (TPSA) is 47.6 Å². The van der Waals surface area contributed by atoms with Gasteiger partial charge in [0.25, 0.3) is 0 Å². The van der Waals surface area contributed by atoms with Crippen molar-refractivity contribution in [3.63, 3.8) is 0 Å². The van der Waals surface area contributed by atoms with Gasteiger partial charge in [0, 0.05) is 5.56 Å². The fourth-order valence-corrected chi connectivity index (χ4v) is 2.99. The van der Waals surface area contributed by atoms with Gasteiger partial charge >= 0.3 is 6.18 Å². The number of hydrogen-bond donors (Lipinski definition) is 1. The largest absolute Gasteiger partial charge is 0.472 e. The molecule has 114 valence electrons. The molecule has 0 spiro atoms. The average molecular weight is 298 g/mol. The second-order valence-electron chi connectivity index (χ2n) is 5.65. The Bertz CT molecular complexity index is 556. The summed E-state index contributed by atoms with van der Waals surface area (Å²) in [4.78, 5) is 4.47. The first-order chi connectivity index (χ1) is 9.97. The van der Waals surface area contributed by atoms with E-state index in [4.69, 9.17) is 10.5 Å². The maximum atomic E-state index is 12.8. The Balaban J connectivity index is 1.82. The van der Waals surface area contributed by atoms with E-state index >= 15 is 0 Å². The normalized spacial score (nSPS) is 28.8. The van der Waals surface area contributed by atoms with Crippen molar-refractivity contribution in [2.24, 2.45) is 16.6 Å². The summed E-state index contributed by atoms with van der Waals surface area (Å²) in [5, 5.41) is 0. The molecule has 1 aromatic carbocycles. The van der Waals surface area contributed by atoms with Gasteiger partial charge in [-0.15, -0.1) is 0 Å². The Morgan fingerprint density at radius 2 is 2.10 bits per heavy atom. The summed E-state index contributed by atoms with van der Waals surface area (Å²) in [6.07, 6.45) is -1.67. The van der Waals surface area contributed by atoms with E-state index in [-0.39, 0.29) is 12.1 Å². The fraction of sp³-hybridized carbons (Fsp3) is 0.533. The zero-order valence-corrected chi connectivity index (χ0v) is 11.4. The molecule has 0 saturated heterocycles. The summed E-state index contributed by atoms with van der Waals surface area (Å²) in [6, 6.07) is 5.16. The van der Waals surface area contributed by atoms with Gasteiger partial charge in [-0.25, -0.2) is 4.99 Å². The van der Waals surface area contributed by atoms with Crippen LogP contribution in [-0.2, 0) is 10.9 Å². The van der Waals surface area contributed by atoms with Gasteiger partial charge in [0.15, 0.2) is 0 Å². The second-order valence-corrected chi connectivity index (χ2v) is 5.65. The Morgan fingerprint density at radius 3 is 2.81 bits per heavy atom. The molecule has 2 aliphatic rings. The summed E-state index contributed by atoms with van der Waals surface area (Å²) in [5.74, 6) is 0.758. The van der Waals surface area contributed by atoms with Crippen LogP contribution in [0.2, 0.25) is 0 Å². The molecule has 6 heteroatoms. The number of aliphatic imine (C=N–C) groups is 1. The van der Waals surface area contributed by atoms with E-state index in [1.165, 1.54) is 6.07 Å². The van der Waals surface area contributed by atoms with Crippen molar-refractivity contribution in [2.45, 2.75) is 37.6 Å². The standard InChI is InChI=1S/C15H17F3N2O/c16-15(17,18)11-3-1-2-10(7-11)14-20-12-6-9(8-19)4-5-13(12)21-14/h1-3,7,9,12-13H,4-6,8,19H2. The summed E-state index contributed by atoms with van der Waals surface area (Å²) < 4.78 is 44.0. The van der Waals surface area contributed by atoms with Gasteiger partial charge < -0.3 is 10.5 Å². The molecule has 2 N–H and O–H groups in total. The first kappa shape index (κ1) is 14.4. The van der Waals surface area contributed by atoms with Crippen molar-refractivity contribution in [1.29, 1.82) is 0 Å². The first-order valence-corrected chi connectivity index (χ1v) is 7.09. The van der Waals surface area contributed by atoms with Gasteiger partial charge in [-0.05, 0) is 49.9 Å². The molecule has 1 saturated carbocycles. The van der Waals surface area contributed by atoms with Crippen molar-refractivity contribution in [3.05, 3.63) is 35.4 Å². The number of fused-ring (bicyclic) bond motifs is 1. The van der Waals surface area contributed by atoms with Crippen molar-refractivity contribution in [2.75, 3.05) is 6.54 Å². The van der Waals surface area contributed by atoms with Crippen molar-refractivity contribution in [3.8, 4) is 0 Å². The molecular formula is C15H17F3N2O. The summed E-state index contributed by atoms with van der Waals surface area (Å²) in [6.45, 7) is 0.623. The lowest BCUT2D eigenvalue weighted by atomic mass is 9.84. The number of nitrogens with two attached hydrogens (primary N) is 1. The van der Waals surface area contributed by atoms with Crippen LogP contribution in [0.4, 0.5) is 13.2 Å². The fourth-order valence-electron chi connectivity index (χ4n) is 2.99. The van der Waals surface area contributed by atoms with Crippen LogP contribution in [0.15, 0.2) is 29.3 Å². The number of ether oxygens (including phenoxy) is 1. The van der Waals surface area contributed by atoms with E-state index in [1.807, 2.05) is 0 Å². The minimum absolute atomic E-state index is 0.0163. The van der Waals surface area contributed by atoms with E-state index in [9.17, 15) is 13.2 Å². The summed E-state index contributed by atoms with van der Waals surface area (Å²) >= 11 is 0. The van der Waals surface area contributed by atoms with Crippen LogP contribution in [0.1, 0.15) is 30.4 Å². The minimum atomic E-state index is -4.35. The third kappa shape index (κ3) is 2.90. The average Bonchev–Trinajstić information content (AvgIpc) is 2.89. The monoisotopic (exact) mass is 298 g/mol. The number of halogens is 3. The zero-order valence-electron chi connectivity index (χ0n) is 11.4. The molecule has 3 nitrogen and oxygen atoms in total. The van der Waals surface area contributed by atoms with Crippen molar-refractivity contribution < 1.29 is 17.9 Å². The lowest BCUT2D eigenvalue weighted by Crippen LogP contribution is -2.33. The van der Waals surface area contributed by atoms with Crippen LogP contribution in [0.3, 0.4) is 0 Å². The molecular weight excluding hydrogens is 281 g/mol. The van der Waals surface area contributed by atoms with E-state index in [0.29, 0.717) is 23.9 Å². The Labute approximate surface area is 121 Å². The van der Waals surface area contributed by atoms with E-state index in [1.54, 1.807) is 6.07 Å². The van der Waals surface area contributed by atoms with E-state index in [2.05, 4.69) is 4.99 Å². The molecule has 21 heavy (non-hydrogen) atoms. The van der Waals surface area contributed by atoms with Crippen LogP contribution in [0.25, 0.3) is 0 Å². The van der Waals surface area contributed by atoms with Crippen LogP contribution < -0.4 is 5.73 Å². The Hall–Kier alpha value is -1.56. The number of alkyl halides is 3. The van der Waals surface area contributed by atoms with Crippen molar-refractivity contribution in [1.82, 2.24) is 0 Å². The highest BCUT2D eigenvalue weighted by atomic mass is 19.4. The summed E-state index contributed by atoms with van der Waals surface area (Å²) in [5.41, 5.74) is 5.40. The molecule has 0 aromatic heterocycles. The maximum absolute atomic E-state index is 12.8. The quantitative estimate of drug-likeness (QED) is 0.912. The van der Waals surface area contributed by atoms with Gasteiger partial charge in [0.05, 0.1) is 11.6 Å². The highest BCUT2D eigenvalue weighted by Gasteiger charge is 2.37. The number of hydrogen-bond acceptors (Lipinski definition) is 3. The molecule has 0 bridgehead atoms. The highest BCUT2D eigenvalue weighted by molar-refractivity contribution is 5.95. The smallest absolute Gasteiger partial charge is 0.416 e. The predicted octanol–water partition coefficient (Wildman–Crippen LogP) is 2.98. The van der Waals surface area contributed by atoms with Crippen LogP contribution in [0.5, 0.6) is 0 Å². The number of benzene rings is 1. The lowest BCUT2D eigenvalue weighted by Gasteiger charge is -2.28. The molecule has 1 aliphatic heterocycles. The zero-order chi connectivity index (χ0) is 15.0. The lowest BCUT2D eigenvalue weighted by molar-refractivity contribution is -0.137. The van der Waals surface area contributed by atoms with Gasteiger partial charge in [0.2, 0.25) is 5.90 Å². The van der Waals surface area contributed by atoms with Gasteiger partial charge in [-0.2, -0.15) is 13.2 Å². The van der Waals surface area contributed by atoms with E-state index in [0.717, 1.165) is 31.4 Å². The molecule has 0 amide bonds. The molecule has 1 aromatic rings. The van der Waals surface area contributed by atoms with Crippen molar-refractivity contribution >= 4 is 5.90 Å². The van der Waals surface area contributed by atoms with Crippen LogP contribution in [-0.4, -0.2) is 24.6 Å². The summed E-state index contributed by atoms with van der Waals surface area (Å²) in [7, 11) is 0. The number of rotatable bonds is 2. The predicted molar refractivity (Wildman–Crippen MR) is 73.0 cm³/mol. The Morgan fingerprint density at radius 1 is 1.29 bits per heavy atom. The second kappa shape index (κ2) is 5.33. The first-order valence-electron chi connectivity index (χ1n) is 7.09.